The highest BCUT2D eigenvalue weighted by Crippen LogP contribution is 2.14. The Hall–Kier alpha value is -1.77. The van der Waals surface area contributed by atoms with Crippen molar-refractivity contribution in [3.05, 3.63) is 36.0 Å². The van der Waals surface area contributed by atoms with Crippen LogP contribution in [0.3, 0.4) is 0 Å². The van der Waals surface area contributed by atoms with Crippen molar-refractivity contribution < 1.29 is 0 Å². The van der Waals surface area contributed by atoms with Gasteiger partial charge in [0, 0.05) is 30.2 Å². The molecule has 1 aromatic rings. The van der Waals surface area contributed by atoms with Gasteiger partial charge in [0.05, 0.1) is 0 Å². The van der Waals surface area contributed by atoms with Gasteiger partial charge in [-0.1, -0.05) is 32.9 Å². The topological polar surface area (TPSA) is 61.9 Å². The predicted octanol–water partition coefficient (Wildman–Crippen LogP) is 2.89. The number of anilines is 1. The van der Waals surface area contributed by atoms with Crippen LogP contribution in [0.25, 0.3) is 5.57 Å². The molecule has 0 fully saturated rings. The standard InChI is InChI=1S/C14H21N3/c1-14(2,3)10-17-9-12(8-15)11-4-6-13(16)7-5-11/h4-9,15,17H,10,16H2,1-3H3/b12-9+,15-8?. The van der Waals surface area contributed by atoms with Crippen LogP contribution in [0.5, 0.6) is 0 Å². The first-order valence-corrected chi connectivity index (χ1v) is 5.72. The summed E-state index contributed by atoms with van der Waals surface area (Å²) in [4.78, 5) is 0. The Kier molecular flexibility index (Phi) is 4.32. The number of benzene rings is 1. The van der Waals surface area contributed by atoms with E-state index in [2.05, 4.69) is 26.1 Å². The van der Waals surface area contributed by atoms with Gasteiger partial charge in [-0.15, -0.1) is 0 Å². The van der Waals surface area contributed by atoms with Crippen molar-refractivity contribution in [1.29, 1.82) is 5.41 Å². The van der Waals surface area contributed by atoms with Gasteiger partial charge >= 0.3 is 0 Å². The maximum absolute atomic E-state index is 7.42. The Morgan fingerprint density at radius 2 is 1.88 bits per heavy atom. The monoisotopic (exact) mass is 231 g/mol. The summed E-state index contributed by atoms with van der Waals surface area (Å²) in [7, 11) is 0. The summed E-state index contributed by atoms with van der Waals surface area (Å²) in [5.74, 6) is 0. The minimum atomic E-state index is 0.227. The summed E-state index contributed by atoms with van der Waals surface area (Å²) >= 11 is 0. The third-order valence-corrected chi connectivity index (χ3v) is 2.29. The van der Waals surface area contributed by atoms with Crippen molar-refractivity contribution in [3.63, 3.8) is 0 Å². The van der Waals surface area contributed by atoms with Crippen LogP contribution in [0.15, 0.2) is 30.5 Å². The summed E-state index contributed by atoms with van der Waals surface area (Å²) in [5, 5.41) is 10.7. The lowest BCUT2D eigenvalue weighted by molar-refractivity contribution is 0.403. The van der Waals surface area contributed by atoms with Crippen molar-refractivity contribution >= 4 is 17.5 Å². The van der Waals surface area contributed by atoms with E-state index in [1.54, 1.807) is 0 Å². The van der Waals surface area contributed by atoms with E-state index < -0.39 is 0 Å². The molecule has 0 bridgehead atoms. The second-order valence-electron chi connectivity index (χ2n) is 5.31. The van der Waals surface area contributed by atoms with E-state index in [9.17, 15) is 0 Å². The second-order valence-corrected chi connectivity index (χ2v) is 5.31. The van der Waals surface area contributed by atoms with E-state index >= 15 is 0 Å². The van der Waals surface area contributed by atoms with E-state index in [4.69, 9.17) is 11.1 Å². The van der Waals surface area contributed by atoms with Crippen LogP contribution in [-0.4, -0.2) is 12.8 Å². The van der Waals surface area contributed by atoms with Gasteiger partial charge in [0.25, 0.3) is 0 Å². The molecule has 0 saturated heterocycles. The van der Waals surface area contributed by atoms with Crippen molar-refractivity contribution in [2.24, 2.45) is 5.41 Å². The van der Waals surface area contributed by atoms with Crippen LogP contribution < -0.4 is 11.1 Å². The normalized spacial score (nSPS) is 12.3. The van der Waals surface area contributed by atoms with Crippen LogP contribution in [-0.2, 0) is 0 Å². The fraction of sp³-hybridized carbons (Fsp3) is 0.357. The molecule has 1 aromatic carbocycles. The zero-order valence-electron chi connectivity index (χ0n) is 10.7. The summed E-state index contributed by atoms with van der Waals surface area (Å²) in [6.07, 6.45) is 3.23. The molecule has 1 rings (SSSR count). The second kappa shape index (κ2) is 5.53. The first-order chi connectivity index (χ1) is 7.92. The van der Waals surface area contributed by atoms with Crippen LogP contribution >= 0.6 is 0 Å². The minimum absolute atomic E-state index is 0.227. The first kappa shape index (κ1) is 13.3. The molecule has 0 aliphatic rings. The average Bonchev–Trinajstić information content (AvgIpc) is 2.24. The zero-order valence-corrected chi connectivity index (χ0v) is 10.7. The van der Waals surface area contributed by atoms with E-state index in [1.165, 1.54) is 6.21 Å². The lowest BCUT2D eigenvalue weighted by Gasteiger charge is -2.18. The molecular weight excluding hydrogens is 210 g/mol. The highest BCUT2D eigenvalue weighted by molar-refractivity contribution is 6.08. The van der Waals surface area contributed by atoms with Gasteiger partial charge in [0.1, 0.15) is 0 Å². The Morgan fingerprint density at radius 3 is 2.35 bits per heavy atom. The van der Waals surface area contributed by atoms with Crippen molar-refractivity contribution in [3.8, 4) is 0 Å². The minimum Gasteiger partial charge on any atom is -0.399 e. The molecule has 0 aromatic heterocycles. The molecule has 4 N–H and O–H groups in total. The van der Waals surface area contributed by atoms with Gasteiger partial charge in [0.15, 0.2) is 0 Å². The van der Waals surface area contributed by atoms with Gasteiger partial charge in [-0.2, -0.15) is 0 Å². The largest absolute Gasteiger partial charge is 0.399 e. The zero-order chi connectivity index (χ0) is 12.9. The molecule has 0 spiro atoms. The lowest BCUT2D eigenvalue weighted by atomic mass is 9.97. The molecule has 0 radical (unpaired) electrons. The maximum Gasteiger partial charge on any atom is 0.0314 e. The Bertz CT molecular complexity index is 396. The summed E-state index contributed by atoms with van der Waals surface area (Å²) in [6.45, 7) is 7.38. The molecule has 0 amide bonds. The number of hydrogen-bond donors (Lipinski definition) is 3. The maximum atomic E-state index is 7.42. The molecule has 0 heterocycles. The SMILES string of the molecule is CC(C)(C)CN/C=C(\C=N)c1ccc(N)cc1. The number of hydrogen-bond acceptors (Lipinski definition) is 3. The Balaban J connectivity index is 2.74. The van der Waals surface area contributed by atoms with Crippen LogP contribution in [0.4, 0.5) is 5.69 Å². The molecular formula is C14H21N3. The molecule has 0 aliphatic heterocycles. The van der Waals surface area contributed by atoms with Gasteiger partial charge in [-0.25, -0.2) is 0 Å². The van der Waals surface area contributed by atoms with E-state index in [1.807, 2.05) is 30.5 Å². The van der Waals surface area contributed by atoms with Gasteiger partial charge in [-0.05, 0) is 23.1 Å². The molecule has 17 heavy (non-hydrogen) atoms. The molecule has 0 atom stereocenters. The van der Waals surface area contributed by atoms with Crippen LogP contribution in [0.2, 0.25) is 0 Å². The van der Waals surface area contributed by atoms with Crippen molar-refractivity contribution in [2.45, 2.75) is 20.8 Å². The molecule has 3 heteroatoms. The molecule has 0 aliphatic carbocycles. The Morgan fingerprint density at radius 1 is 1.29 bits per heavy atom. The first-order valence-electron chi connectivity index (χ1n) is 5.72. The summed E-state index contributed by atoms with van der Waals surface area (Å²) in [5.41, 5.74) is 8.45. The fourth-order valence-corrected chi connectivity index (χ4v) is 1.35. The van der Waals surface area contributed by atoms with Crippen molar-refractivity contribution in [2.75, 3.05) is 12.3 Å². The van der Waals surface area contributed by atoms with Gasteiger partial charge in [0.2, 0.25) is 0 Å². The molecule has 0 unspecified atom stereocenters. The quantitative estimate of drug-likeness (QED) is 0.551. The molecule has 3 nitrogen and oxygen atoms in total. The number of nitrogen functional groups attached to an aromatic ring is 1. The van der Waals surface area contributed by atoms with Gasteiger partial charge < -0.3 is 16.5 Å². The van der Waals surface area contributed by atoms with Gasteiger partial charge in [-0.3, -0.25) is 0 Å². The van der Waals surface area contributed by atoms with E-state index in [-0.39, 0.29) is 5.41 Å². The lowest BCUT2D eigenvalue weighted by Crippen LogP contribution is -2.23. The predicted molar refractivity (Wildman–Crippen MR) is 75.1 cm³/mol. The number of allylic oxidation sites excluding steroid dienone is 1. The van der Waals surface area contributed by atoms with Crippen LogP contribution in [0, 0.1) is 10.8 Å². The summed E-state index contributed by atoms with van der Waals surface area (Å²) in [6, 6.07) is 7.53. The van der Waals surface area contributed by atoms with E-state index in [0.717, 1.165) is 23.4 Å². The summed E-state index contributed by atoms with van der Waals surface area (Å²) < 4.78 is 0. The van der Waals surface area contributed by atoms with E-state index in [0.29, 0.717) is 0 Å². The fourth-order valence-electron chi connectivity index (χ4n) is 1.35. The number of rotatable bonds is 4. The molecule has 0 saturated carbocycles. The highest BCUT2D eigenvalue weighted by Gasteiger charge is 2.08. The molecule has 92 valence electrons. The third kappa shape index (κ3) is 4.72. The average molecular weight is 231 g/mol. The number of nitrogens with two attached hydrogens (primary N) is 1. The Labute approximate surface area is 103 Å². The third-order valence-electron chi connectivity index (χ3n) is 2.29. The smallest absolute Gasteiger partial charge is 0.0314 e. The highest BCUT2D eigenvalue weighted by atomic mass is 14.8. The number of nitrogens with one attached hydrogen (secondary N) is 2. The van der Waals surface area contributed by atoms with Crippen molar-refractivity contribution in [1.82, 2.24) is 5.32 Å². The van der Waals surface area contributed by atoms with Crippen LogP contribution in [0.1, 0.15) is 26.3 Å².